The van der Waals surface area contributed by atoms with E-state index in [2.05, 4.69) is 43.8 Å². The third kappa shape index (κ3) is 2.95. The highest BCUT2D eigenvalue weighted by Gasteiger charge is 2.12. The number of pyridine rings is 1. The van der Waals surface area contributed by atoms with E-state index in [9.17, 15) is 0 Å². The van der Waals surface area contributed by atoms with Gasteiger partial charge in [-0.3, -0.25) is 0 Å². The Bertz CT molecular complexity index is 358. The van der Waals surface area contributed by atoms with E-state index in [0.29, 0.717) is 12.5 Å². The molecule has 0 atom stereocenters. The summed E-state index contributed by atoms with van der Waals surface area (Å²) < 4.78 is 0. The number of hydrogen-bond acceptors (Lipinski definition) is 3. The SMILES string of the molecule is Cc1cc(C)c(CN)c(N(C)CC(C)C)n1. The number of aromatic nitrogens is 1. The maximum Gasteiger partial charge on any atom is 0.133 e. The zero-order chi connectivity index (χ0) is 12.3. The van der Waals surface area contributed by atoms with Gasteiger partial charge < -0.3 is 10.6 Å². The van der Waals surface area contributed by atoms with E-state index in [1.807, 2.05) is 6.92 Å². The van der Waals surface area contributed by atoms with Crippen molar-refractivity contribution < 1.29 is 0 Å². The van der Waals surface area contributed by atoms with E-state index in [4.69, 9.17) is 5.73 Å². The van der Waals surface area contributed by atoms with E-state index in [1.54, 1.807) is 0 Å². The van der Waals surface area contributed by atoms with E-state index < -0.39 is 0 Å². The van der Waals surface area contributed by atoms with Gasteiger partial charge in [0.2, 0.25) is 0 Å². The molecule has 0 saturated heterocycles. The minimum absolute atomic E-state index is 0.552. The molecule has 0 unspecified atom stereocenters. The summed E-state index contributed by atoms with van der Waals surface area (Å²) in [4.78, 5) is 6.80. The Morgan fingerprint density at radius 2 is 2.00 bits per heavy atom. The summed E-state index contributed by atoms with van der Waals surface area (Å²) in [5.74, 6) is 1.66. The van der Waals surface area contributed by atoms with E-state index in [-0.39, 0.29) is 0 Å². The van der Waals surface area contributed by atoms with Crippen molar-refractivity contribution in [3.63, 3.8) is 0 Å². The fourth-order valence-corrected chi connectivity index (χ4v) is 2.05. The summed E-state index contributed by atoms with van der Waals surface area (Å²) >= 11 is 0. The first-order chi connectivity index (χ1) is 7.45. The quantitative estimate of drug-likeness (QED) is 0.848. The number of hydrogen-bond donors (Lipinski definition) is 1. The van der Waals surface area contributed by atoms with E-state index in [0.717, 1.165) is 23.6 Å². The van der Waals surface area contributed by atoms with Crippen LogP contribution < -0.4 is 10.6 Å². The lowest BCUT2D eigenvalue weighted by Crippen LogP contribution is -2.26. The standard InChI is InChI=1S/C13H23N3/c1-9(2)8-16(5)13-12(7-14)10(3)6-11(4)15-13/h6,9H,7-8,14H2,1-5H3. The molecule has 0 aliphatic rings. The Hall–Kier alpha value is -1.09. The normalized spacial score (nSPS) is 10.9. The van der Waals surface area contributed by atoms with Crippen LogP contribution >= 0.6 is 0 Å². The predicted octanol–water partition coefficient (Wildman–Crippen LogP) is 2.25. The predicted molar refractivity (Wildman–Crippen MR) is 69.7 cm³/mol. The van der Waals surface area contributed by atoms with E-state index in [1.165, 1.54) is 5.56 Å². The van der Waals surface area contributed by atoms with Crippen LogP contribution in [-0.4, -0.2) is 18.6 Å². The van der Waals surface area contributed by atoms with Crippen molar-refractivity contribution in [3.05, 3.63) is 22.9 Å². The van der Waals surface area contributed by atoms with Crippen molar-refractivity contribution in [1.82, 2.24) is 4.98 Å². The van der Waals surface area contributed by atoms with Gasteiger partial charge >= 0.3 is 0 Å². The fraction of sp³-hybridized carbons (Fsp3) is 0.615. The highest BCUT2D eigenvalue weighted by Crippen LogP contribution is 2.21. The lowest BCUT2D eigenvalue weighted by Gasteiger charge is -2.24. The van der Waals surface area contributed by atoms with Crippen molar-refractivity contribution in [2.75, 3.05) is 18.5 Å². The van der Waals surface area contributed by atoms with Crippen LogP contribution in [0.3, 0.4) is 0 Å². The van der Waals surface area contributed by atoms with Crippen LogP contribution in [-0.2, 0) is 6.54 Å². The third-order valence-electron chi connectivity index (χ3n) is 2.66. The van der Waals surface area contributed by atoms with Gasteiger partial charge in [-0.15, -0.1) is 0 Å². The highest BCUT2D eigenvalue weighted by atomic mass is 15.2. The van der Waals surface area contributed by atoms with E-state index >= 15 is 0 Å². The van der Waals surface area contributed by atoms with Crippen LogP contribution in [0.25, 0.3) is 0 Å². The van der Waals surface area contributed by atoms with Gasteiger partial charge in [-0.1, -0.05) is 13.8 Å². The first-order valence-electron chi connectivity index (χ1n) is 5.84. The van der Waals surface area contributed by atoms with Crippen LogP contribution in [0, 0.1) is 19.8 Å². The first-order valence-corrected chi connectivity index (χ1v) is 5.84. The number of aryl methyl sites for hydroxylation is 2. The minimum atomic E-state index is 0.552. The van der Waals surface area contributed by atoms with Gasteiger partial charge in [-0.2, -0.15) is 0 Å². The molecule has 0 amide bonds. The van der Waals surface area contributed by atoms with Gasteiger partial charge in [0, 0.05) is 31.4 Å². The number of anilines is 1. The summed E-state index contributed by atoms with van der Waals surface area (Å²) in [6.07, 6.45) is 0. The summed E-state index contributed by atoms with van der Waals surface area (Å²) in [5.41, 5.74) is 9.26. The summed E-state index contributed by atoms with van der Waals surface area (Å²) in [6, 6.07) is 2.09. The molecule has 0 aliphatic carbocycles. The zero-order valence-corrected chi connectivity index (χ0v) is 11.0. The molecule has 0 bridgehead atoms. The maximum absolute atomic E-state index is 5.80. The molecule has 0 fully saturated rings. The molecule has 16 heavy (non-hydrogen) atoms. The number of nitrogens with two attached hydrogens (primary N) is 1. The fourth-order valence-electron chi connectivity index (χ4n) is 2.05. The van der Waals surface area contributed by atoms with Gasteiger partial charge in [0.1, 0.15) is 5.82 Å². The molecule has 2 N–H and O–H groups in total. The molecule has 0 saturated carbocycles. The van der Waals surface area contributed by atoms with Crippen molar-refractivity contribution in [1.29, 1.82) is 0 Å². The molecule has 1 aromatic rings. The van der Waals surface area contributed by atoms with Gasteiger partial charge in [-0.05, 0) is 31.4 Å². The number of nitrogens with zero attached hydrogens (tertiary/aromatic N) is 2. The average molecular weight is 221 g/mol. The Kier molecular flexibility index (Phi) is 4.30. The van der Waals surface area contributed by atoms with Gasteiger partial charge in [-0.25, -0.2) is 4.98 Å². The summed E-state index contributed by atoms with van der Waals surface area (Å²) in [5, 5.41) is 0. The van der Waals surface area contributed by atoms with Crippen LogP contribution in [0.4, 0.5) is 5.82 Å². The van der Waals surface area contributed by atoms with Crippen molar-refractivity contribution >= 4 is 5.82 Å². The molecule has 0 aromatic carbocycles. The second-order valence-electron chi connectivity index (χ2n) is 4.86. The molecular weight excluding hydrogens is 198 g/mol. The Labute approximate surface area is 98.7 Å². The van der Waals surface area contributed by atoms with Crippen molar-refractivity contribution in [2.45, 2.75) is 34.2 Å². The van der Waals surface area contributed by atoms with Crippen LogP contribution in [0.5, 0.6) is 0 Å². The molecule has 1 rings (SSSR count). The second kappa shape index (κ2) is 5.30. The lowest BCUT2D eigenvalue weighted by molar-refractivity contribution is 0.632. The molecular formula is C13H23N3. The monoisotopic (exact) mass is 221 g/mol. The Balaban J connectivity index is 3.10. The summed E-state index contributed by atoms with van der Waals surface area (Å²) in [6.45, 7) is 10.1. The third-order valence-corrected chi connectivity index (χ3v) is 2.66. The maximum atomic E-state index is 5.80. The van der Waals surface area contributed by atoms with Gasteiger partial charge in [0.25, 0.3) is 0 Å². The molecule has 90 valence electrons. The topological polar surface area (TPSA) is 42.1 Å². The molecule has 0 aliphatic heterocycles. The van der Waals surface area contributed by atoms with Crippen molar-refractivity contribution in [3.8, 4) is 0 Å². The summed E-state index contributed by atoms with van der Waals surface area (Å²) in [7, 11) is 2.08. The minimum Gasteiger partial charge on any atom is -0.359 e. The molecule has 1 aromatic heterocycles. The average Bonchev–Trinajstić information content (AvgIpc) is 2.15. The first kappa shape index (κ1) is 13.0. The van der Waals surface area contributed by atoms with Gasteiger partial charge in [0.15, 0.2) is 0 Å². The molecule has 0 spiro atoms. The van der Waals surface area contributed by atoms with Crippen LogP contribution in [0.2, 0.25) is 0 Å². The Morgan fingerprint density at radius 3 is 2.50 bits per heavy atom. The molecule has 3 heteroatoms. The highest BCUT2D eigenvalue weighted by molar-refractivity contribution is 5.51. The van der Waals surface area contributed by atoms with Crippen LogP contribution in [0.1, 0.15) is 30.7 Å². The molecule has 0 radical (unpaired) electrons. The van der Waals surface area contributed by atoms with Crippen molar-refractivity contribution in [2.24, 2.45) is 11.7 Å². The number of rotatable bonds is 4. The Morgan fingerprint density at radius 1 is 1.38 bits per heavy atom. The zero-order valence-electron chi connectivity index (χ0n) is 11.0. The molecule has 1 heterocycles. The smallest absolute Gasteiger partial charge is 0.133 e. The second-order valence-corrected chi connectivity index (χ2v) is 4.86. The van der Waals surface area contributed by atoms with Crippen LogP contribution in [0.15, 0.2) is 6.07 Å². The van der Waals surface area contributed by atoms with Gasteiger partial charge in [0.05, 0.1) is 0 Å². The molecule has 3 nitrogen and oxygen atoms in total. The largest absolute Gasteiger partial charge is 0.359 e. The lowest BCUT2D eigenvalue weighted by atomic mass is 10.1.